The summed E-state index contributed by atoms with van der Waals surface area (Å²) in [6.45, 7) is 0.401. The summed E-state index contributed by atoms with van der Waals surface area (Å²) in [5, 5.41) is 2.78. The summed E-state index contributed by atoms with van der Waals surface area (Å²) in [7, 11) is 0. The van der Waals surface area contributed by atoms with Gasteiger partial charge in [-0.1, -0.05) is 30.2 Å². The van der Waals surface area contributed by atoms with Gasteiger partial charge in [-0.25, -0.2) is 0 Å². The van der Waals surface area contributed by atoms with E-state index in [1.165, 1.54) is 0 Å². The van der Waals surface area contributed by atoms with Crippen molar-refractivity contribution in [1.29, 1.82) is 0 Å². The van der Waals surface area contributed by atoms with Gasteiger partial charge in [-0.2, -0.15) is 0 Å². The molecular weight excluding hydrogens is 288 g/mol. The number of carbonyl (C=O) groups is 1. The van der Waals surface area contributed by atoms with Gasteiger partial charge in [0.2, 0.25) is 0 Å². The van der Waals surface area contributed by atoms with Gasteiger partial charge in [-0.3, -0.25) is 9.78 Å². The minimum Gasteiger partial charge on any atom is -0.443 e. The number of hydrogen-bond donors (Lipinski definition) is 1. The second kappa shape index (κ2) is 7.10. The van der Waals surface area contributed by atoms with Crippen LogP contribution in [0.25, 0.3) is 0 Å². The van der Waals surface area contributed by atoms with Crippen molar-refractivity contribution in [3.63, 3.8) is 0 Å². The lowest BCUT2D eigenvalue weighted by Crippen LogP contribution is -2.22. The first-order valence-corrected chi connectivity index (χ1v) is 7.15. The van der Waals surface area contributed by atoms with Gasteiger partial charge in [-0.05, 0) is 41.8 Å². The molecule has 0 aliphatic heterocycles. The minimum absolute atomic E-state index is 0.242. The number of rotatable bonds is 3. The van der Waals surface area contributed by atoms with Gasteiger partial charge in [0.05, 0.1) is 0 Å². The predicted octanol–water partition coefficient (Wildman–Crippen LogP) is 3.00. The quantitative estimate of drug-likeness (QED) is 0.757. The van der Waals surface area contributed by atoms with Gasteiger partial charge in [0.25, 0.3) is 5.91 Å². The molecule has 0 spiro atoms. The number of furan rings is 1. The summed E-state index contributed by atoms with van der Waals surface area (Å²) in [6, 6.07) is 16.6. The highest BCUT2D eigenvalue weighted by Gasteiger charge is 2.09. The van der Waals surface area contributed by atoms with E-state index >= 15 is 0 Å². The topological polar surface area (TPSA) is 55.1 Å². The first-order chi connectivity index (χ1) is 11.3. The normalized spacial score (nSPS) is 9.74. The highest BCUT2D eigenvalue weighted by Crippen LogP contribution is 2.07. The number of nitrogens with one attached hydrogen (secondary N) is 1. The lowest BCUT2D eigenvalue weighted by atomic mass is 10.2. The lowest BCUT2D eigenvalue weighted by molar-refractivity contribution is 0.0922. The van der Waals surface area contributed by atoms with Crippen molar-refractivity contribution < 1.29 is 9.21 Å². The van der Waals surface area contributed by atoms with Crippen molar-refractivity contribution in [2.45, 2.75) is 6.54 Å². The molecule has 0 bridgehead atoms. The first kappa shape index (κ1) is 14.6. The molecule has 0 atom stereocenters. The van der Waals surface area contributed by atoms with Crippen molar-refractivity contribution in [3.05, 3.63) is 89.6 Å². The largest absolute Gasteiger partial charge is 0.443 e. The summed E-state index contributed by atoms with van der Waals surface area (Å²) in [6.07, 6.45) is 3.40. The molecule has 112 valence electrons. The molecule has 2 aromatic heterocycles. The van der Waals surface area contributed by atoms with E-state index in [-0.39, 0.29) is 11.7 Å². The average molecular weight is 302 g/mol. The Morgan fingerprint density at radius 3 is 2.70 bits per heavy atom. The Hall–Kier alpha value is -3.32. The van der Waals surface area contributed by atoms with Crippen LogP contribution in [0, 0.1) is 11.8 Å². The number of nitrogens with zero attached hydrogens (tertiary/aromatic N) is 1. The lowest BCUT2D eigenvalue weighted by Gasteiger charge is -2.02. The van der Waals surface area contributed by atoms with Crippen LogP contribution in [0.3, 0.4) is 0 Å². The van der Waals surface area contributed by atoms with E-state index < -0.39 is 0 Å². The smallest absolute Gasteiger partial charge is 0.287 e. The number of carbonyl (C=O) groups excluding carboxylic acids is 1. The number of hydrogen-bond acceptors (Lipinski definition) is 3. The maximum absolute atomic E-state index is 12.0. The Morgan fingerprint density at radius 1 is 1.04 bits per heavy atom. The molecule has 1 N–H and O–H groups in total. The first-order valence-electron chi connectivity index (χ1n) is 7.15. The Morgan fingerprint density at radius 2 is 1.91 bits per heavy atom. The maximum Gasteiger partial charge on any atom is 0.287 e. The second-order valence-electron chi connectivity index (χ2n) is 4.82. The number of benzene rings is 1. The second-order valence-corrected chi connectivity index (χ2v) is 4.82. The fraction of sp³-hybridized carbons (Fsp3) is 0.0526. The van der Waals surface area contributed by atoms with E-state index in [1.807, 2.05) is 42.5 Å². The molecule has 0 aliphatic rings. The molecule has 0 aliphatic carbocycles. The van der Waals surface area contributed by atoms with E-state index in [0.717, 1.165) is 11.1 Å². The fourth-order valence-electron chi connectivity index (χ4n) is 1.95. The molecule has 1 amide bonds. The summed E-state index contributed by atoms with van der Waals surface area (Å²) in [5.41, 5.74) is 1.82. The van der Waals surface area contributed by atoms with Crippen LogP contribution in [0.2, 0.25) is 0 Å². The van der Waals surface area contributed by atoms with Gasteiger partial charge >= 0.3 is 0 Å². The molecule has 0 unspecified atom stereocenters. The monoisotopic (exact) mass is 302 g/mol. The third-order valence-electron chi connectivity index (χ3n) is 3.11. The van der Waals surface area contributed by atoms with Crippen molar-refractivity contribution in [1.82, 2.24) is 10.3 Å². The van der Waals surface area contributed by atoms with Crippen molar-refractivity contribution in [3.8, 4) is 11.8 Å². The molecule has 3 rings (SSSR count). The standard InChI is InChI=1S/C19H14N2O2/c22-19(21-14-16-7-4-12-20-13-16)18-11-10-17(23-18)9-8-15-5-2-1-3-6-15/h1-7,10-13H,14H2,(H,21,22). The van der Waals surface area contributed by atoms with Crippen LogP contribution in [-0.4, -0.2) is 10.9 Å². The van der Waals surface area contributed by atoms with E-state index in [2.05, 4.69) is 22.1 Å². The van der Waals surface area contributed by atoms with Gasteiger partial charge in [0.15, 0.2) is 11.5 Å². The molecule has 2 heterocycles. The van der Waals surface area contributed by atoms with Crippen LogP contribution < -0.4 is 5.32 Å². The van der Waals surface area contributed by atoms with Crippen LogP contribution in [0.1, 0.15) is 27.4 Å². The Balaban J connectivity index is 1.63. The molecular formula is C19H14N2O2. The van der Waals surface area contributed by atoms with Gasteiger partial charge < -0.3 is 9.73 Å². The number of pyridine rings is 1. The van der Waals surface area contributed by atoms with Crippen LogP contribution in [0.5, 0.6) is 0 Å². The van der Waals surface area contributed by atoms with Crippen molar-refractivity contribution >= 4 is 5.91 Å². The zero-order valence-corrected chi connectivity index (χ0v) is 12.3. The fourth-order valence-corrected chi connectivity index (χ4v) is 1.95. The molecule has 0 fully saturated rings. The SMILES string of the molecule is O=C(NCc1cccnc1)c1ccc(C#Cc2ccccc2)o1. The average Bonchev–Trinajstić information content (AvgIpc) is 3.09. The number of aromatic nitrogens is 1. The zero-order valence-electron chi connectivity index (χ0n) is 12.3. The molecule has 4 nitrogen and oxygen atoms in total. The van der Waals surface area contributed by atoms with E-state index in [9.17, 15) is 4.79 Å². The Labute approximate surface area is 134 Å². The predicted molar refractivity (Wildman–Crippen MR) is 86.5 cm³/mol. The summed E-state index contributed by atoms with van der Waals surface area (Å²) in [4.78, 5) is 16.0. The van der Waals surface area contributed by atoms with Crippen LogP contribution in [-0.2, 0) is 6.54 Å². The molecule has 0 saturated carbocycles. The van der Waals surface area contributed by atoms with Crippen LogP contribution in [0.4, 0.5) is 0 Å². The third-order valence-corrected chi connectivity index (χ3v) is 3.11. The van der Waals surface area contributed by atoms with Crippen molar-refractivity contribution in [2.24, 2.45) is 0 Å². The highest BCUT2D eigenvalue weighted by molar-refractivity contribution is 5.91. The maximum atomic E-state index is 12.0. The minimum atomic E-state index is -0.276. The number of amides is 1. The van der Waals surface area contributed by atoms with Gasteiger partial charge in [0, 0.05) is 24.5 Å². The third kappa shape index (κ3) is 4.08. The molecule has 4 heteroatoms. The molecule has 1 aromatic carbocycles. The van der Waals surface area contributed by atoms with E-state index in [0.29, 0.717) is 12.3 Å². The molecule has 3 aromatic rings. The summed E-state index contributed by atoms with van der Waals surface area (Å²) in [5.74, 6) is 6.31. The van der Waals surface area contributed by atoms with Crippen LogP contribution >= 0.6 is 0 Å². The Kier molecular flexibility index (Phi) is 4.51. The molecule has 0 saturated heterocycles. The van der Waals surface area contributed by atoms with Gasteiger partial charge in [0.1, 0.15) is 0 Å². The molecule has 23 heavy (non-hydrogen) atoms. The van der Waals surface area contributed by atoms with E-state index in [1.54, 1.807) is 24.5 Å². The van der Waals surface area contributed by atoms with Crippen LogP contribution in [0.15, 0.2) is 71.4 Å². The molecule has 0 radical (unpaired) electrons. The zero-order chi connectivity index (χ0) is 15.9. The van der Waals surface area contributed by atoms with E-state index in [4.69, 9.17) is 4.42 Å². The summed E-state index contributed by atoms with van der Waals surface area (Å²) >= 11 is 0. The van der Waals surface area contributed by atoms with Crippen molar-refractivity contribution in [2.75, 3.05) is 0 Å². The Bertz CT molecular complexity index is 843. The highest BCUT2D eigenvalue weighted by atomic mass is 16.3. The summed E-state index contributed by atoms with van der Waals surface area (Å²) < 4.78 is 5.45. The van der Waals surface area contributed by atoms with Gasteiger partial charge in [-0.15, -0.1) is 0 Å².